The number of carbonyl (C=O) groups excluding carboxylic acids is 1. The highest BCUT2D eigenvalue weighted by Gasteiger charge is 2.15. The van der Waals surface area contributed by atoms with Gasteiger partial charge in [-0.1, -0.05) is 12.1 Å². The van der Waals surface area contributed by atoms with Crippen molar-refractivity contribution < 1.29 is 14.3 Å². The summed E-state index contributed by atoms with van der Waals surface area (Å²) >= 11 is 0. The van der Waals surface area contributed by atoms with Gasteiger partial charge in [-0.05, 0) is 45.4 Å². The average molecular weight is 294 g/mol. The fourth-order valence-corrected chi connectivity index (χ4v) is 1.78. The number of benzene rings is 1. The Balaban J connectivity index is 2.27. The summed E-state index contributed by atoms with van der Waals surface area (Å²) in [6.07, 6.45) is -0.388. The molecule has 0 unspecified atom stereocenters. The molecule has 0 aliphatic carbocycles. The molecular weight excluding hydrogens is 268 g/mol. The third kappa shape index (κ3) is 6.99. The van der Waals surface area contributed by atoms with Gasteiger partial charge in [0.25, 0.3) is 0 Å². The quantitative estimate of drug-likeness (QED) is 0.792. The van der Waals surface area contributed by atoms with Crippen LogP contribution in [0.25, 0.3) is 0 Å². The zero-order valence-electron chi connectivity index (χ0n) is 13.5. The maximum Gasteiger partial charge on any atom is 0.407 e. The molecule has 1 amide bonds. The third-order valence-corrected chi connectivity index (χ3v) is 2.86. The lowest BCUT2D eigenvalue weighted by atomic mass is 10.1. The minimum absolute atomic E-state index is 0.205. The topological polar surface area (TPSA) is 59.6 Å². The van der Waals surface area contributed by atoms with Crippen molar-refractivity contribution in [3.05, 3.63) is 29.8 Å². The summed E-state index contributed by atoms with van der Waals surface area (Å²) < 4.78 is 10.3. The van der Waals surface area contributed by atoms with Gasteiger partial charge in [-0.3, -0.25) is 0 Å². The number of amides is 1. The van der Waals surface area contributed by atoms with E-state index in [1.54, 1.807) is 7.11 Å². The van der Waals surface area contributed by atoms with Crippen LogP contribution < -0.4 is 15.4 Å². The molecule has 5 heteroatoms. The van der Waals surface area contributed by atoms with Gasteiger partial charge in [0.1, 0.15) is 11.4 Å². The van der Waals surface area contributed by atoms with E-state index in [2.05, 4.69) is 17.6 Å². The van der Waals surface area contributed by atoms with Crippen LogP contribution in [0.3, 0.4) is 0 Å². The zero-order valence-corrected chi connectivity index (χ0v) is 13.5. The van der Waals surface area contributed by atoms with Gasteiger partial charge in [0, 0.05) is 19.1 Å². The lowest BCUT2D eigenvalue weighted by molar-refractivity contribution is 0.0528. The van der Waals surface area contributed by atoms with Crippen molar-refractivity contribution in [2.45, 2.75) is 39.3 Å². The second-order valence-corrected chi connectivity index (χ2v) is 5.88. The van der Waals surface area contributed by atoms with Crippen molar-refractivity contribution in [3.63, 3.8) is 0 Å². The average Bonchev–Trinajstić information content (AvgIpc) is 2.41. The zero-order chi connectivity index (χ0) is 15.9. The molecule has 1 atom stereocenters. The van der Waals surface area contributed by atoms with Crippen LogP contribution in [0.15, 0.2) is 24.3 Å². The molecule has 0 heterocycles. The van der Waals surface area contributed by atoms with Crippen molar-refractivity contribution in [1.29, 1.82) is 0 Å². The Bertz CT molecular complexity index is 438. The molecule has 0 spiro atoms. The molecule has 21 heavy (non-hydrogen) atoms. The highest BCUT2D eigenvalue weighted by molar-refractivity contribution is 5.67. The molecule has 0 radical (unpaired) electrons. The number of ether oxygens (including phenoxy) is 2. The van der Waals surface area contributed by atoms with Crippen LogP contribution in [0.5, 0.6) is 5.75 Å². The largest absolute Gasteiger partial charge is 0.497 e. The molecule has 1 rings (SSSR count). The third-order valence-electron chi connectivity index (χ3n) is 2.86. The summed E-state index contributed by atoms with van der Waals surface area (Å²) in [4.78, 5) is 11.5. The Hall–Kier alpha value is -1.75. The summed E-state index contributed by atoms with van der Waals surface area (Å²) in [6.45, 7) is 8.81. The summed E-state index contributed by atoms with van der Waals surface area (Å²) in [7, 11) is 1.65. The van der Waals surface area contributed by atoms with Crippen molar-refractivity contribution in [2.75, 3.05) is 20.2 Å². The second-order valence-electron chi connectivity index (χ2n) is 5.88. The van der Waals surface area contributed by atoms with Crippen LogP contribution in [0, 0.1) is 0 Å². The van der Waals surface area contributed by atoms with Gasteiger partial charge in [-0.25, -0.2) is 4.79 Å². The van der Waals surface area contributed by atoms with Crippen molar-refractivity contribution >= 4 is 6.09 Å². The molecule has 0 aromatic heterocycles. The first-order chi connectivity index (χ1) is 9.81. The van der Waals surface area contributed by atoms with Crippen LogP contribution in [-0.4, -0.2) is 31.9 Å². The number of methoxy groups -OCH3 is 1. The van der Waals surface area contributed by atoms with Crippen LogP contribution in [0.1, 0.15) is 39.3 Å². The van der Waals surface area contributed by atoms with Crippen LogP contribution in [0.4, 0.5) is 4.79 Å². The fourth-order valence-electron chi connectivity index (χ4n) is 1.78. The molecule has 1 aromatic carbocycles. The SMILES string of the molecule is COc1ccc([C@H](C)NCCNC(=O)OC(C)(C)C)cc1. The van der Waals surface area contributed by atoms with Crippen LogP contribution >= 0.6 is 0 Å². The van der Waals surface area contributed by atoms with Gasteiger partial charge >= 0.3 is 6.09 Å². The van der Waals surface area contributed by atoms with E-state index in [-0.39, 0.29) is 12.1 Å². The highest BCUT2D eigenvalue weighted by atomic mass is 16.6. The Kier molecular flexibility index (Phi) is 6.49. The highest BCUT2D eigenvalue weighted by Crippen LogP contribution is 2.16. The Morgan fingerprint density at radius 2 is 1.81 bits per heavy atom. The molecule has 0 aliphatic rings. The molecule has 1 aromatic rings. The second kappa shape index (κ2) is 7.88. The number of nitrogens with one attached hydrogen (secondary N) is 2. The van der Waals surface area contributed by atoms with Gasteiger partial charge in [0.15, 0.2) is 0 Å². The predicted molar refractivity (Wildman–Crippen MR) is 83.6 cm³/mol. The van der Waals surface area contributed by atoms with E-state index in [4.69, 9.17) is 9.47 Å². The standard InChI is InChI=1S/C16H26N2O3/c1-12(13-6-8-14(20-5)9-7-13)17-10-11-18-15(19)21-16(2,3)4/h6-9,12,17H,10-11H2,1-5H3,(H,18,19)/t12-/m0/s1. The first-order valence-corrected chi connectivity index (χ1v) is 7.16. The van der Waals surface area contributed by atoms with Crippen molar-refractivity contribution in [2.24, 2.45) is 0 Å². The Morgan fingerprint density at radius 1 is 1.19 bits per heavy atom. The first-order valence-electron chi connectivity index (χ1n) is 7.16. The van der Waals surface area contributed by atoms with Gasteiger partial charge < -0.3 is 20.1 Å². The van der Waals surface area contributed by atoms with Gasteiger partial charge in [0.05, 0.1) is 7.11 Å². The van der Waals surface area contributed by atoms with E-state index in [0.717, 1.165) is 5.75 Å². The molecule has 0 aliphatic heterocycles. The minimum atomic E-state index is -0.464. The number of hydrogen-bond acceptors (Lipinski definition) is 4. The maximum absolute atomic E-state index is 11.5. The molecule has 0 fully saturated rings. The number of carbonyl (C=O) groups is 1. The lowest BCUT2D eigenvalue weighted by Gasteiger charge is -2.20. The lowest BCUT2D eigenvalue weighted by Crippen LogP contribution is -2.36. The van der Waals surface area contributed by atoms with Gasteiger partial charge in [0.2, 0.25) is 0 Å². The first kappa shape index (κ1) is 17.3. The molecule has 118 valence electrons. The monoisotopic (exact) mass is 294 g/mol. The Morgan fingerprint density at radius 3 is 2.33 bits per heavy atom. The molecular formula is C16H26N2O3. The van der Waals surface area contributed by atoms with Gasteiger partial charge in [-0.15, -0.1) is 0 Å². The normalized spacial score (nSPS) is 12.6. The van der Waals surface area contributed by atoms with Crippen molar-refractivity contribution in [1.82, 2.24) is 10.6 Å². The van der Waals surface area contributed by atoms with E-state index in [1.807, 2.05) is 45.0 Å². The number of alkyl carbamates (subject to hydrolysis) is 1. The maximum atomic E-state index is 11.5. The molecule has 0 saturated heterocycles. The van der Waals surface area contributed by atoms with E-state index in [0.29, 0.717) is 13.1 Å². The fraction of sp³-hybridized carbons (Fsp3) is 0.562. The van der Waals surface area contributed by atoms with E-state index in [9.17, 15) is 4.79 Å². The van der Waals surface area contributed by atoms with Crippen LogP contribution in [0.2, 0.25) is 0 Å². The van der Waals surface area contributed by atoms with Crippen LogP contribution in [-0.2, 0) is 4.74 Å². The molecule has 0 bridgehead atoms. The number of rotatable bonds is 6. The van der Waals surface area contributed by atoms with E-state index >= 15 is 0 Å². The molecule has 2 N–H and O–H groups in total. The molecule has 0 saturated carbocycles. The summed E-state index contributed by atoms with van der Waals surface area (Å²) in [6, 6.07) is 8.13. The number of hydrogen-bond donors (Lipinski definition) is 2. The van der Waals surface area contributed by atoms with Crippen molar-refractivity contribution in [3.8, 4) is 5.75 Å². The molecule has 5 nitrogen and oxygen atoms in total. The van der Waals surface area contributed by atoms with Gasteiger partial charge in [-0.2, -0.15) is 0 Å². The minimum Gasteiger partial charge on any atom is -0.497 e. The summed E-state index contributed by atoms with van der Waals surface area (Å²) in [5, 5.41) is 6.06. The van der Waals surface area contributed by atoms with E-state index in [1.165, 1.54) is 5.56 Å². The summed E-state index contributed by atoms with van der Waals surface area (Å²) in [5.41, 5.74) is 0.710. The predicted octanol–water partition coefficient (Wildman–Crippen LogP) is 2.87. The summed E-state index contributed by atoms with van der Waals surface area (Å²) in [5.74, 6) is 0.845. The Labute approximate surface area is 127 Å². The van der Waals surface area contributed by atoms with E-state index < -0.39 is 5.60 Å². The smallest absolute Gasteiger partial charge is 0.407 e.